The third-order valence-corrected chi connectivity index (χ3v) is 5.37. The van der Waals surface area contributed by atoms with E-state index in [0.29, 0.717) is 24.2 Å². The number of para-hydroxylation sites is 1. The summed E-state index contributed by atoms with van der Waals surface area (Å²) < 4.78 is 40.0. The summed E-state index contributed by atoms with van der Waals surface area (Å²) in [5, 5.41) is 3.48. The van der Waals surface area contributed by atoms with Gasteiger partial charge in [0.05, 0.1) is 18.2 Å². The fourth-order valence-corrected chi connectivity index (χ4v) is 4.04. The highest BCUT2D eigenvalue weighted by Gasteiger charge is 2.36. The number of hydrogen-bond acceptors (Lipinski definition) is 2. The predicted octanol–water partition coefficient (Wildman–Crippen LogP) is 3.80. The maximum Gasteiger partial charge on any atom is 0.416 e. The first kappa shape index (κ1) is 20.0. The van der Waals surface area contributed by atoms with Crippen LogP contribution in [0.3, 0.4) is 0 Å². The van der Waals surface area contributed by atoms with E-state index in [-0.39, 0.29) is 18.4 Å². The molecule has 156 valence electrons. The number of aromatic nitrogens is 1. The van der Waals surface area contributed by atoms with Gasteiger partial charge in [0.25, 0.3) is 0 Å². The van der Waals surface area contributed by atoms with Crippen molar-refractivity contribution < 1.29 is 22.8 Å². The highest BCUT2D eigenvalue weighted by atomic mass is 19.4. The quantitative estimate of drug-likeness (QED) is 0.684. The Labute approximate surface area is 170 Å². The van der Waals surface area contributed by atoms with Gasteiger partial charge in [-0.3, -0.25) is 9.59 Å². The van der Waals surface area contributed by atoms with E-state index in [9.17, 15) is 22.8 Å². The normalized spacial score (nSPS) is 16.4. The Kier molecular flexibility index (Phi) is 5.01. The molecule has 1 aromatic heterocycles. The highest BCUT2D eigenvalue weighted by Crippen LogP contribution is 2.40. The Morgan fingerprint density at radius 3 is 2.67 bits per heavy atom. The number of hydrogen-bond donors (Lipinski definition) is 2. The van der Waals surface area contributed by atoms with E-state index < -0.39 is 17.8 Å². The SMILES string of the molecule is CC(=O)NCC(=O)N1CCc2c([nH]c3ccccc23)C1c1cccc(C(F)(F)F)c1. The van der Waals surface area contributed by atoms with Crippen LogP contribution in [0.15, 0.2) is 48.5 Å². The van der Waals surface area contributed by atoms with Gasteiger partial charge in [0.2, 0.25) is 11.8 Å². The molecule has 4 rings (SSSR count). The molecule has 0 spiro atoms. The van der Waals surface area contributed by atoms with Crippen molar-refractivity contribution in [2.45, 2.75) is 25.6 Å². The Morgan fingerprint density at radius 2 is 1.93 bits per heavy atom. The topological polar surface area (TPSA) is 65.2 Å². The van der Waals surface area contributed by atoms with Gasteiger partial charge in [-0.15, -0.1) is 0 Å². The summed E-state index contributed by atoms with van der Waals surface area (Å²) in [6.07, 6.45) is -3.92. The molecule has 1 atom stereocenters. The summed E-state index contributed by atoms with van der Waals surface area (Å²) in [7, 11) is 0. The van der Waals surface area contributed by atoms with Crippen molar-refractivity contribution in [1.29, 1.82) is 0 Å². The van der Waals surface area contributed by atoms with E-state index in [1.54, 1.807) is 6.07 Å². The molecular weight excluding hydrogens is 395 g/mol. The summed E-state index contributed by atoms with van der Waals surface area (Å²) in [4.78, 5) is 28.9. The average molecular weight is 415 g/mol. The van der Waals surface area contributed by atoms with E-state index in [0.717, 1.165) is 28.6 Å². The predicted molar refractivity (Wildman–Crippen MR) is 106 cm³/mol. The van der Waals surface area contributed by atoms with Gasteiger partial charge in [0.1, 0.15) is 0 Å². The number of rotatable bonds is 3. The summed E-state index contributed by atoms with van der Waals surface area (Å²) in [5.74, 6) is -0.695. The lowest BCUT2D eigenvalue weighted by molar-refractivity contribution is -0.137. The molecule has 2 heterocycles. The monoisotopic (exact) mass is 415 g/mol. The maximum atomic E-state index is 13.3. The fourth-order valence-electron chi connectivity index (χ4n) is 4.04. The van der Waals surface area contributed by atoms with Crippen molar-refractivity contribution >= 4 is 22.7 Å². The molecule has 0 saturated heterocycles. The molecule has 0 bridgehead atoms. The van der Waals surface area contributed by atoms with Gasteiger partial charge in [-0.1, -0.05) is 30.3 Å². The first-order valence-electron chi connectivity index (χ1n) is 9.56. The van der Waals surface area contributed by atoms with Crippen LogP contribution in [0.1, 0.15) is 35.3 Å². The molecule has 3 aromatic rings. The van der Waals surface area contributed by atoms with Gasteiger partial charge in [-0.05, 0) is 35.7 Å². The molecule has 2 amide bonds. The number of amides is 2. The molecular formula is C22H20F3N3O2. The summed E-state index contributed by atoms with van der Waals surface area (Å²) >= 11 is 0. The van der Waals surface area contributed by atoms with Crippen LogP contribution < -0.4 is 5.32 Å². The van der Waals surface area contributed by atoms with Crippen molar-refractivity contribution in [3.8, 4) is 0 Å². The number of alkyl halides is 3. The van der Waals surface area contributed by atoms with Crippen LogP contribution >= 0.6 is 0 Å². The van der Waals surface area contributed by atoms with Crippen molar-refractivity contribution in [3.05, 3.63) is 70.9 Å². The minimum absolute atomic E-state index is 0.208. The number of H-pyrrole nitrogens is 1. The van der Waals surface area contributed by atoms with Crippen molar-refractivity contribution in [1.82, 2.24) is 15.2 Å². The van der Waals surface area contributed by atoms with E-state index in [1.165, 1.54) is 17.9 Å². The van der Waals surface area contributed by atoms with Crippen LogP contribution in [0.25, 0.3) is 10.9 Å². The molecule has 5 nitrogen and oxygen atoms in total. The van der Waals surface area contributed by atoms with E-state index >= 15 is 0 Å². The van der Waals surface area contributed by atoms with Gasteiger partial charge in [-0.2, -0.15) is 13.2 Å². The second-order valence-electron chi connectivity index (χ2n) is 7.34. The highest BCUT2D eigenvalue weighted by molar-refractivity contribution is 5.88. The molecule has 1 unspecified atom stereocenters. The minimum Gasteiger partial charge on any atom is -0.356 e. The standard InChI is InChI=1S/C22H20F3N3O2/c1-13(29)26-12-19(30)28-10-9-17-16-7-2-3-8-18(16)27-20(17)21(28)14-5-4-6-15(11-14)22(23,24)25/h2-8,11,21,27H,9-10,12H2,1H3,(H,26,29). The molecule has 30 heavy (non-hydrogen) atoms. The second-order valence-corrected chi connectivity index (χ2v) is 7.34. The lowest BCUT2D eigenvalue weighted by Crippen LogP contribution is -2.45. The lowest BCUT2D eigenvalue weighted by Gasteiger charge is -2.36. The Morgan fingerprint density at radius 1 is 1.17 bits per heavy atom. The number of carbonyl (C=O) groups excluding carboxylic acids is 2. The summed E-state index contributed by atoms with van der Waals surface area (Å²) in [6.45, 7) is 1.44. The molecule has 0 saturated carbocycles. The number of aromatic amines is 1. The molecule has 0 fully saturated rings. The van der Waals surface area contributed by atoms with E-state index in [4.69, 9.17) is 0 Å². The van der Waals surface area contributed by atoms with Gasteiger partial charge in [0, 0.05) is 30.1 Å². The summed E-state index contributed by atoms with van der Waals surface area (Å²) in [6, 6.07) is 12.0. The number of halogens is 3. The van der Waals surface area contributed by atoms with Crippen LogP contribution in [0.2, 0.25) is 0 Å². The van der Waals surface area contributed by atoms with Crippen molar-refractivity contribution in [2.24, 2.45) is 0 Å². The van der Waals surface area contributed by atoms with E-state index in [2.05, 4.69) is 10.3 Å². The van der Waals surface area contributed by atoms with Crippen LogP contribution in [0.4, 0.5) is 13.2 Å². The molecule has 1 aliphatic rings. The van der Waals surface area contributed by atoms with Crippen LogP contribution in [0.5, 0.6) is 0 Å². The number of benzene rings is 2. The number of carbonyl (C=O) groups is 2. The molecule has 2 N–H and O–H groups in total. The van der Waals surface area contributed by atoms with Gasteiger partial charge in [-0.25, -0.2) is 0 Å². The van der Waals surface area contributed by atoms with Gasteiger partial charge < -0.3 is 15.2 Å². The lowest BCUT2D eigenvalue weighted by atomic mass is 9.91. The summed E-state index contributed by atoms with van der Waals surface area (Å²) in [5.41, 5.74) is 2.18. The zero-order valence-electron chi connectivity index (χ0n) is 16.2. The van der Waals surface area contributed by atoms with Gasteiger partial charge in [0.15, 0.2) is 0 Å². The number of fused-ring (bicyclic) bond motifs is 3. The molecule has 1 aliphatic heterocycles. The molecule has 0 aliphatic carbocycles. The van der Waals surface area contributed by atoms with Crippen molar-refractivity contribution in [2.75, 3.05) is 13.1 Å². The molecule has 0 radical (unpaired) electrons. The number of nitrogens with zero attached hydrogens (tertiary/aromatic N) is 1. The third-order valence-electron chi connectivity index (χ3n) is 5.37. The Bertz CT molecular complexity index is 1120. The molecule has 8 heteroatoms. The zero-order chi connectivity index (χ0) is 21.5. The van der Waals surface area contributed by atoms with Crippen molar-refractivity contribution in [3.63, 3.8) is 0 Å². The second kappa shape index (κ2) is 7.51. The smallest absolute Gasteiger partial charge is 0.356 e. The minimum atomic E-state index is -4.49. The average Bonchev–Trinajstić information content (AvgIpc) is 3.09. The van der Waals surface area contributed by atoms with Crippen LogP contribution in [-0.2, 0) is 22.2 Å². The van der Waals surface area contributed by atoms with Gasteiger partial charge >= 0.3 is 6.18 Å². The first-order valence-corrected chi connectivity index (χ1v) is 9.56. The maximum absolute atomic E-state index is 13.3. The number of nitrogens with one attached hydrogen (secondary N) is 2. The van der Waals surface area contributed by atoms with Crippen LogP contribution in [0, 0.1) is 0 Å². The van der Waals surface area contributed by atoms with Crippen LogP contribution in [-0.4, -0.2) is 34.8 Å². The largest absolute Gasteiger partial charge is 0.416 e. The van der Waals surface area contributed by atoms with E-state index in [1.807, 2.05) is 24.3 Å². The Balaban J connectivity index is 1.83. The zero-order valence-corrected chi connectivity index (χ0v) is 16.2. The molecule has 2 aromatic carbocycles. The Hall–Kier alpha value is -3.29. The first-order chi connectivity index (χ1) is 14.3. The third kappa shape index (κ3) is 3.65. The fraction of sp³-hybridized carbons (Fsp3) is 0.273.